The van der Waals surface area contributed by atoms with Gasteiger partial charge in [-0.05, 0) is 26.8 Å². The molecule has 2 unspecified atom stereocenters. The van der Waals surface area contributed by atoms with E-state index < -0.39 is 5.79 Å². The molecule has 1 aromatic heterocycles. The molecule has 0 aromatic carbocycles. The van der Waals surface area contributed by atoms with Crippen molar-refractivity contribution >= 4 is 0 Å². The Balaban J connectivity index is 1.81. The van der Waals surface area contributed by atoms with Gasteiger partial charge in [-0.25, -0.2) is 0 Å². The molecular weight excluding hydrogens is 218 g/mol. The lowest BCUT2D eigenvalue weighted by molar-refractivity contribution is -0.137. The maximum Gasteiger partial charge on any atom is 0.163 e. The van der Waals surface area contributed by atoms with E-state index in [-0.39, 0.29) is 12.1 Å². The highest BCUT2D eigenvalue weighted by Crippen LogP contribution is 2.22. The average molecular weight is 239 g/mol. The summed E-state index contributed by atoms with van der Waals surface area (Å²) in [7, 11) is 1.95. The van der Waals surface area contributed by atoms with Gasteiger partial charge in [-0.2, -0.15) is 5.10 Å². The predicted molar refractivity (Wildman–Crippen MR) is 64.5 cm³/mol. The summed E-state index contributed by atoms with van der Waals surface area (Å²) >= 11 is 0. The van der Waals surface area contributed by atoms with Crippen LogP contribution < -0.4 is 5.32 Å². The van der Waals surface area contributed by atoms with Gasteiger partial charge in [0.1, 0.15) is 0 Å². The SMILES string of the molecule is CC(NCC1COC(C)(C)O1)c1ccnn1C. The first-order valence-electron chi connectivity index (χ1n) is 6.01. The fraction of sp³-hybridized carbons (Fsp3) is 0.750. The molecule has 2 heterocycles. The molecule has 96 valence electrons. The Kier molecular flexibility index (Phi) is 3.51. The second-order valence-electron chi connectivity index (χ2n) is 4.96. The van der Waals surface area contributed by atoms with Gasteiger partial charge in [-0.15, -0.1) is 0 Å². The molecule has 0 spiro atoms. The molecule has 1 aliphatic rings. The van der Waals surface area contributed by atoms with Gasteiger partial charge >= 0.3 is 0 Å². The Bertz CT molecular complexity index is 376. The zero-order chi connectivity index (χ0) is 12.5. The van der Waals surface area contributed by atoms with Crippen molar-refractivity contribution in [3.05, 3.63) is 18.0 Å². The van der Waals surface area contributed by atoms with Crippen molar-refractivity contribution in [2.24, 2.45) is 7.05 Å². The molecule has 0 amide bonds. The Hall–Kier alpha value is -0.910. The molecule has 1 N–H and O–H groups in total. The van der Waals surface area contributed by atoms with E-state index in [0.29, 0.717) is 6.61 Å². The van der Waals surface area contributed by atoms with Crippen LogP contribution in [-0.4, -0.2) is 34.8 Å². The van der Waals surface area contributed by atoms with Crippen LogP contribution in [0.3, 0.4) is 0 Å². The third kappa shape index (κ3) is 3.06. The second kappa shape index (κ2) is 4.76. The maximum atomic E-state index is 5.74. The number of hydrogen-bond donors (Lipinski definition) is 1. The van der Waals surface area contributed by atoms with Crippen LogP contribution >= 0.6 is 0 Å². The lowest BCUT2D eigenvalue weighted by Gasteiger charge is -2.19. The standard InChI is InChI=1S/C12H21N3O2/c1-9(11-5-6-14-15(11)4)13-7-10-8-16-12(2,3)17-10/h5-6,9-10,13H,7-8H2,1-4H3. The van der Waals surface area contributed by atoms with Crippen LogP contribution in [-0.2, 0) is 16.5 Å². The van der Waals surface area contributed by atoms with Gasteiger partial charge in [0.05, 0.1) is 18.4 Å². The third-order valence-electron chi connectivity index (χ3n) is 3.02. The summed E-state index contributed by atoms with van der Waals surface area (Å²) < 4.78 is 13.1. The van der Waals surface area contributed by atoms with Crippen molar-refractivity contribution in [1.82, 2.24) is 15.1 Å². The van der Waals surface area contributed by atoms with Crippen LogP contribution in [0.2, 0.25) is 0 Å². The van der Waals surface area contributed by atoms with E-state index in [4.69, 9.17) is 9.47 Å². The third-order valence-corrected chi connectivity index (χ3v) is 3.02. The molecule has 1 aliphatic heterocycles. The highest BCUT2D eigenvalue weighted by molar-refractivity contribution is 5.05. The quantitative estimate of drug-likeness (QED) is 0.858. The van der Waals surface area contributed by atoms with Crippen LogP contribution in [0.1, 0.15) is 32.5 Å². The number of nitrogens with one attached hydrogen (secondary N) is 1. The van der Waals surface area contributed by atoms with Gasteiger partial charge in [-0.3, -0.25) is 4.68 Å². The minimum Gasteiger partial charge on any atom is -0.348 e. The van der Waals surface area contributed by atoms with Crippen LogP contribution in [0.4, 0.5) is 0 Å². The highest BCUT2D eigenvalue weighted by atomic mass is 16.7. The summed E-state index contributed by atoms with van der Waals surface area (Å²) in [6, 6.07) is 2.28. The van der Waals surface area contributed by atoms with Crippen molar-refractivity contribution < 1.29 is 9.47 Å². The first-order valence-corrected chi connectivity index (χ1v) is 6.01. The molecule has 17 heavy (non-hydrogen) atoms. The molecule has 0 saturated carbocycles. The van der Waals surface area contributed by atoms with Crippen molar-refractivity contribution in [2.75, 3.05) is 13.2 Å². The van der Waals surface area contributed by atoms with E-state index in [2.05, 4.69) is 17.3 Å². The Morgan fingerprint density at radius 3 is 2.94 bits per heavy atom. The number of nitrogens with zero attached hydrogens (tertiary/aromatic N) is 2. The summed E-state index contributed by atoms with van der Waals surface area (Å²) in [5.74, 6) is -0.442. The zero-order valence-corrected chi connectivity index (χ0v) is 10.9. The van der Waals surface area contributed by atoms with Gasteiger partial charge in [0.2, 0.25) is 0 Å². The molecule has 2 rings (SSSR count). The lowest BCUT2D eigenvalue weighted by Crippen LogP contribution is -2.32. The number of aromatic nitrogens is 2. The van der Waals surface area contributed by atoms with Gasteiger partial charge in [0, 0.05) is 25.8 Å². The summed E-state index contributed by atoms with van der Waals surface area (Å²) in [6.07, 6.45) is 1.94. The number of rotatable bonds is 4. The Morgan fingerprint density at radius 2 is 2.41 bits per heavy atom. The maximum absolute atomic E-state index is 5.74. The first-order chi connectivity index (χ1) is 7.98. The minimum atomic E-state index is -0.442. The largest absolute Gasteiger partial charge is 0.348 e. The molecule has 5 nitrogen and oxygen atoms in total. The van der Waals surface area contributed by atoms with Crippen molar-refractivity contribution in [3.63, 3.8) is 0 Å². The average Bonchev–Trinajstić information content (AvgIpc) is 2.81. The van der Waals surface area contributed by atoms with Crippen molar-refractivity contribution in [3.8, 4) is 0 Å². The molecule has 2 atom stereocenters. The molecule has 0 radical (unpaired) electrons. The number of aryl methyl sites for hydroxylation is 1. The van der Waals surface area contributed by atoms with E-state index in [1.54, 1.807) is 0 Å². The number of ether oxygens (including phenoxy) is 2. The minimum absolute atomic E-state index is 0.126. The summed E-state index contributed by atoms with van der Waals surface area (Å²) in [6.45, 7) is 7.45. The fourth-order valence-corrected chi connectivity index (χ4v) is 2.09. The van der Waals surface area contributed by atoms with Gasteiger partial charge in [0.25, 0.3) is 0 Å². The van der Waals surface area contributed by atoms with E-state index in [9.17, 15) is 0 Å². The topological polar surface area (TPSA) is 48.3 Å². The van der Waals surface area contributed by atoms with Crippen molar-refractivity contribution in [1.29, 1.82) is 0 Å². The van der Waals surface area contributed by atoms with Crippen molar-refractivity contribution in [2.45, 2.75) is 38.7 Å². The summed E-state index contributed by atoms with van der Waals surface area (Å²) in [4.78, 5) is 0. The summed E-state index contributed by atoms with van der Waals surface area (Å²) in [5.41, 5.74) is 1.17. The number of hydrogen-bond acceptors (Lipinski definition) is 4. The molecule has 1 fully saturated rings. The highest BCUT2D eigenvalue weighted by Gasteiger charge is 2.32. The smallest absolute Gasteiger partial charge is 0.163 e. The van der Waals surface area contributed by atoms with Crippen LogP contribution in [0, 0.1) is 0 Å². The van der Waals surface area contributed by atoms with Gasteiger partial charge < -0.3 is 14.8 Å². The molecule has 1 saturated heterocycles. The summed E-state index contributed by atoms with van der Waals surface area (Å²) in [5, 5.41) is 7.60. The molecular formula is C12H21N3O2. The van der Waals surface area contributed by atoms with Gasteiger partial charge in [-0.1, -0.05) is 0 Å². The Morgan fingerprint density at radius 1 is 1.65 bits per heavy atom. The van der Waals surface area contributed by atoms with E-state index in [0.717, 1.165) is 6.54 Å². The Labute approximate surface area is 102 Å². The van der Waals surface area contributed by atoms with E-state index in [1.807, 2.05) is 37.8 Å². The molecule has 5 heteroatoms. The van der Waals surface area contributed by atoms with Crippen LogP contribution in [0.25, 0.3) is 0 Å². The fourth-order valence-electron chi connectivity index (χ4n) is 2.09. The monoisotopic (exact) mass is 239 g/mol. The van der Waals surface area contributed by atoms with E-state index in [1.165, 1.54) is 5.69 Å². The normalized spacial score (nSPS) is 25.1. The molecule has 0 aliphatic carbocycles. The molecule has 0 bridgehead atoms. The van der Waals surface area contributed by atoms with Crippen LogP contribution in [0.15, 0.2) is 12.3 Å². The molecule has 1 aromatic rings. The first kappa shape index (κ1) is 12.5. The predicted octanol–water partition coefficient (Wildman–Crippen LogP) is 1.22. The second-order valence-corrected chi connectivity index (χ2v) is 4.96. The van der Waals surface area contributed by atoms with Gasteiger partial charge in [0.15, 0.2) is 5.79 Å². The van der Waals surface area contributed by atoms with E-state index >= 15 is 0 Å². The van der Waals surface area contributed by atoms with Crippen LogP contribution in [0.5, 0.6) is 0 Å². The zero-order valence-electron chi connectivity index (χ0n) is 10.9. The lowest BCUT2D eigenvalue weighted by atomic mass is 10.2.